The van der Waals surface area contributed by atoms with Crippen LogP contribution < -0.4 is 10.2 Å². The fraction of sp³-hybridized carbons (Fsp3) is 0.389. The Morgan fingerprint density at radius 3 is 2.75 bits per heavy atom. The molecular weight excluding hydrogens is 304 g/mol. The van der Waals surface area contributed by atoms with Gasteiger partial charge in [-0.25, -0.2) is 0 Å². The minimum Gasteiger partial charge on any atom is -0.351 e. The van der Waals surface area contributed by atoms with Gasteiger partial charge in [-0.3, -0.25) is 14.7 Å². The van der Waals surface area contributed by atoms with Crippen LogP contribution in [0.15, 0.2) is 30.5 Å². The summed E-state index contributed by atoms with van der Waals surface area (Å²) in [4.78, 5) is 26.6. The molecule has 1 unspecified atom stereocenters. The van der Waals surface area contributed by atoms with E-state index in [0.717, 1.165) is 23.4 Å². The van der Waals surface area contributed by atoms with Crippen molar-refractivity contribution in [1.29, 1.82) is 0 Å². The lowest BCUT2D eigenvalue weighted by Crippen LogP contribution is -2.36. The van der Waals surface area contributed by atoms with Crippen LogP contribution in [0.1, 0.15) is 30.2 Å². The summed E-state index contributed by atoms with van der Waals surface area (Å²) in [5, 5.41) is 9.60. The van der Waals surface area contributed by atoms with Crippen molar-refractivity contribution < 1.29 is 9.59 Å². The van der Waals surface area contributed by atoms with Crippen LogP contribution in [0, 0.1) is 12.8 Å². The van der Waals surface area contributed by atoms with E-state index in [9.17, 15) is 9.59 Å². The Bertz CT molecular complexity index is 736. The number of hydrogen-bond acceptors (Lipinski definition) is 3. The molecule has 3 rings (SSSR count). The van der Waals surface area contributed by atoms with Crippen molar-refractivity contribution in [3.05, 3.63) is 47.3 Å². The average Bonchev–Trinajstić information content (AvgIpc) is 3.18. The topological polar surface area (TPSA) is 78.1 Å². The van der Waals surface area contributed by atoms with Gasteiger partial charge in [0.15, 0.2) is 0 Å². The van der Waals surface area contributed by atoms with Crippen LogP contribution in [0.5, 0.6) is 0 Å². The van der Waals surface area contributed by atoms with E-state index < -0.39 is 5.92 Å². The van der Waals surface area contributed by atoms with Crippen molar-refractivity contribution in [1.82, 2.24) is 15.5 Å². The number of H-pyrrole nitrogens is 1. The Hall–Kier alpha value is -2.63. The van der Waals surface area contributed by atoms with Crippen molar-refractivity contribution in [3.63, 3.8) is 0 Å². The number of aromatic nitrogens is 2. The molecule has 1 saturated heterocycles. The molecule has 2 heterocycles. The summed E-state index contributed by atoms with van der Waals surface area (Å²) in [6, 6.07) is 7.95. The first-order valence-corrected chi connectivity index (χ1v) is 8.27. The number of aryl methyl sites for hydroxylation is 2. The molecule has 6 nitrogen and oxygen atoms in total. The molecule has 1 aliphatic rings. The largest absolute Gasteiger partial charge is 0.351 e. The monoisotopic (exact) mass is 326 g/mol. The molecule has 6 heteroatoms. The molecular formula is C18H22N4O2. The lowest BCUT2D eigenvalue weighted by Gasteiger charge is -2.17. The summed E-state index contributed by atoms with van der Waals surface area (Å²) in [7, 11) is 0. The smallest absolute Gasteiger partial charge is 0.239 e. The molecule has 0 saturated carbocycles. The van der Waals surface area contributed by atoms with E-state index in [1.165, 1.54) is 5.56 Å². The molecule has 126 valence electrons. The summed E-state index contributed by atoms with van der Waals surface area (Å²) < 4.78 is 0. The van der Waals surface area contributed by atoms with Gasteiger partial charge >= 0.3 is 0 Å². The zero-order chi connectivity index (χ0) is 17.1. The van der Waals surface area contributed by atoms with Gasteiger partial charge in [-0.05, 0) is 37.5 Å². The molecule has 0 aliphatic carbocycles. The third-order valence-electron chi connectivity index (χ3n) is 4.57. The first kappa shape index (κ1) is 16.2. The van der Waals surface area contributed by atoms with E-state index in [1.807, 2.05) is 31.2 Å². The van der Waals surface area contributed by atoms with Crippen molar-refractivity contribution in [2.75, 3.05) is 11.4 Å². The van der Waals surface area contributed by atoms with E-state index >= 15 is 0 Å². The maximum Gasteiger partial charge on any atom is 0.239 e. The van der Waals surface area contributed by atoms with Crippen molar-refractivity contribution >= 4 is 17.5 Å². The van der Waals surface area contributed by atoms with E-state index in [2.05, 4.69) is 22.4 Å². The molecule has 0 radical (unpaired) electrons. The minimum atomic E-state index is -0.608. The molecule has 1 aromatic carbocycles. The number of nitrogens with one attached hydrogen (secondary N) is 2. The predicted octanol–water partition coefficient (Wildman–Crippen LogP) is 1.95. The van der Waals surface area contributed by atoms with E-state index in [1.54, 1.807) is 11.1 Å². The highest BCUT2D eigenvalue weighted by molar-refractivity contribution is 6.09. The van der Waals surface area contributed by atoms with Crippen molar-refractivity contribution in [3.8, 4) is 0 Å². The van der Waals surface area contributed by atoms with Crippen LogP contribution in [0.4, 0.5) is 5.69 Å². The molecule has 1 aromatic heterocycles. The molecule has 2 N–H and O–H groups in total. The highest BCUT2D eigenvalue weighted by Crippen LogP contribution is 2.26. The number of hydrogen-bond donors (Lipinski definition) is 2. The third kappa shape index (κ3) is 3.18. The number of rotatable bonds is 5. The van der Waals surface area contributed by atoms with Gasteiger partial charge in [0, 0.05) is 30.0 Å². The molecule has 0 spiro atoms. The number of nitrogens with zero attached hydrogens (tertiary/aromatic N) is 2. The van der Waals surface area contributed by atoms with Crippen molar-refractivity contribution in [2.45, 2.75) is 33.2 Å². The third-order valence-corrected chi connectivity index (χ3v) is 4.57. The number of carbonyl (C=O) groups excluding carboxylic acids is 2. The zero-order valence-electron chi connectivity index (χ0n) is 14.0. The van der Waals surface area contributed by atoms with Gasteiger partial charge in [0.1, 0.15) is 5.92 Å². The van der Waals surface area contributed by atoms with Crippen LogP contribution in [0.3, 0.4) is 0 Å². The Labute approximate surface area is 141 Å². The van der Waals surface area contributed by atoms with Crippen LogP contribution in [-0.4, -0.2) is 28.6 Å². The molecule has 1 fully saturated rings. The van der Waals surface area contributed by atoms with Crippen LogP contribution >= 0.6 is 0 Å². The molecule has 2 amide bonds. The van der Waals surface area contributed by atoms with E-state index in [0.29, 0.717) is 19.5 Å². The lowest BCUT2D eigenvalue weighted by atomic mass is 10.1. The van der Waals surface area contributed by atoms with Gasteiger partial charge in [-0.2, -0.15) is 5.10 Å². The average molecular weight is 326 g/mol. The summed E-state index contributed by atoms with van der Waals surface area (Å²) in [5.74, 6) is -0.947. The normalized spacial score (nSPS) is 17.3. The second-order valence-corrected chi connectivity index (χ2v) is 6.09. The first-order chi connectivity index (χ1) is 11.6. The number of amides is 2. The van der Waals surface area contributed by atoms with Gasteiger partial charge in [-0.1, -0.05) is 19.1 Å². The lowest BCUT2D eigenvalue weighted by molar-refractivity contribution is -0.132. The van der Waals surface area contributed by atoms with Gasteiger partial charge in [0.05, 0.1) is 6.20 Å². The Morgan fingerprint density at radius 1 is 1.38 bits per heavy atom. The fourth-order valence-corrected chi connectivity index (χ4v) is 2.95. The minimum absolute atomic E-state index is 0.124. The molecule has 0 bridgehead atoms. The van der Waals surface area contributed by atoms with E-state index in [-0.39, 0.29) is 11.8 Å². The second kappa shape index (κ2) is 6.86. The number of anilines is 1. The van der Waals surface area contributed by atoms with E-state index in [4.69, 9.17) is 0 Å². The van der Waals surface area contributed by atoms with Crippen molar-refractivity contribution in [2.24, 2.45) is 5.92 Å². The molecule has 24 heavy (non-hydrogen) atoms. The highest BCUT2D eigenvalue weighted by Gasteiger charge is 2.37. The maximum absolute atomic E-state index is 12.6. The molecule has 1 atom stereocenters. The van der Waals surface area contributed by atoms with Gasteiger partial charge in [0.2, 0.25) is 11.8 Å². The van der Waals surface area contributed by atoms with Crippen LogP contribution in [-0.2, 0) is 22.6 Å². The second-order valence-electron chi connectivity index (χ2n) is 6.09. The quantitative estimate of drug-likeness (QED) is 0.824. The predicted molar refractivity (Wildman–Crippen MR) is 91.5 cm³/mol. The fourth-order valence-electron chi connectivity index (χ4n) is 2.95. The molecule has 2 aromatic rings. The first-order valence-electron chi connectivity index (χ1n) is 8.27. The summed E-state index contributed by atoms with van der Waals surface area (Å²) in [6.07, 6.45) is 3.20. The summed E-state index contributed by atoms with van der Waals surface area (Å²) in [6.45, 7) is 4.96. The van der Waals surface area contributed by atoms with Crippen LogP contribution in [0.2, 0.25) is 0 Å². The van der Waals surface area contributed by atoms with Gasteiger partial charge in [-0.15, -0.1) is 0 Å². The standard InChI is InChI=1S/C18H22N4O2/c1-3-13-4-6-15(7-5-13)22-9-8-16(18(22)24)17(23)19-10-14-11-20-21-12(14)2/h4-7,11,16H,3,8-10H2,1-2H3,(H,19,23)(H,20,21). The maximum atomic E-state index is 12.6. The zero-order valence-corrected chi connectivity index (χ0v) is 14.0. The number of carbonyl (C=O) groups is 2. The number of benzene rings is 1. The Kier molecular flexibility index (Phi) is 4.64. The number of aromatic amines is 1. The van der Waals surface area contributed by atoms with Gasteiger partial charge in [0.25, 0.3) is 0 Å². The van der Waals surface area contributed by atoms with Gasteiger partial charge < -0.3 is 10.2 Å². The Morgan fingerprint density at radius 2 is 2.12 bits per heavy atom. The summed E-state index contributed by atoms with van der Waals surface area (Å²) in [5.41, 5.74) is 3.94. The summed E-state index contributed by atoms with van der Waals surface area (Å²) >= 11 is 0. The Balaban J connectivity index is 1.62. The molecule has 1 aliphatic heterocycles. The van der Waals surface area contributed by atoms with Crippen LogP contribution in [0.25, 0.3) is 0 Å². The highest BCUT2D eigenvalue weighted by atomic mass is 16.2. The SMILES string of the molecule is CCc1ccc(N2CCC(C(=O)NCc3cn[nH]c3C)C2=O)cc1.